The van der Waals surface area contributed by atoms with Gasteiger partial charge in [0, 0.05) is 32.8 Å². The number of nitrogens with zero attached hydrogens (tertiary/aromatic N) is 3. The van der Waals surface area contributed by atoms with Gasteiger partial charge in [-0.25, -0.2) is 0 Å². The summed E-state index contributed by atoms with van der Waals surface area (Å²) in [6, 6.07) is 0.509. The Labute approximate surface area is 153 Å². The molecule has 1 atom stereocenters. The van der Waals surface area contributed by atoms with Crippen LogP contribution in [0.2, 0.25) is 0 Å². The number of ether oxygens (including phenoxy) is 1. The number of carbonyl (C=O) groups excluding carboxylic acids is 1. The van der Waals surface area contributed by atoms with Crippen molar-refractivity contribution in [1.29, 1.82) is 0 Å². The molecule has 0 saturated carbocycles. The quantitative estimate of drug-likeness (QED) is 0.625. The molecule has 2 aliphatic rings. The van der Waals surface area contributed by atoms with Crippen LogP contribution in [-0.4, -0.2) is 86.2 Å². The lowest BCUT2D eigenvalue weighted by Crippen LogP contribution is -2.46. The molecule has 0 aromatic heterocycles. The van der Waals surface area contributed by atoms with E-state index in [1.165, 1.54) is 19.4 Å². The predicted octanol–water partition coefficient (Wildman–Crippen LogP) is 1.68. The van der Waals surface area contributed by atoms with Crippen molar-refractivity contribution in [2.24, 2.45) is 5.92 Å². The molecule has 5 heteroatoms. The average molecular weight is 350 g/mol. The summed E-state index contributed by atoms with van der Waals surface area (Å²) in [6.07, 6.45) is 4.77. The highest BCUT2D eigenvalue weighted by Gasteiger charge is 2.29. The zero-order valence-corrected chi connectivity index (χ0v) is 16.3. The Morgan fingerprint density at radius 2 is 1.96 bits per heavy atom. The third-order valence-electron chi connectivity index (χ3n) is 5.65. The lowest BCUT2D eigenvalue weighted by molar-refractivity contribution is -0.126. The molecule has 1 amide bonds. The average Bonchev–Trinajstić information content (AvgIpc) is 3.08. The fourth-order valence-corrected chi connectivity index (χ4v) is 4.12. The van der Waals surface area contributed by atoms with Gasteiger partial charge in [-0.15, -0.1) is 0 Å². The molecule has 2 aliphatic heterocycles. The second-order valence-corrected chi connectivity index (χ2v) is 7.29. The van der Waals surface area contributed by atoms with Crippen molar-refractivity contribution in [3.63, 3.8) is 0 Å². The number of methoxy groups -OCH3 is 1. The van der Waals surface area contributed by atoms with Crippen molar-refractivity contribution >= 4 is 5.91 Å². The summed E-state index contributed by atoms with van der Waals surface area (Å²) in [5, 5.41) is 0. The van der Waals surface area contributed by atoms with Crippen molar-refractivity contribution in [2.45, 2.75) is 45.6 Å². The first kappa shape index (κ1) is 20.2. The summed E-state index contributed by atoms with van der Waals surface area (Å²) in [5.74, 6) is 6.16. The van der Waals surface area contributed by atoms with Crippen LogP contribution in [0.4, 0.5) is 0 Å². The van der Waals surface area contributed by atoms with Crippen LogP contribution >= 0.6 is 0 Å². The molecule has 2 rings (SSSR count). The minimum absolute atomic E-state index is 0.00673. The van der Waals surface area contributed by atoms with E-state index in [0.29, 0.717) is 12.0 Å². The van der Waals surface area contributed by atoms with Gasteiger partial charge in [0.25, 0.3) is 5.91 Å². The van der Waals surface area contributed by atoms with Crippen molar-refractivity contribution in [3.05, 3.63) is 0 Å². The van der Waals surface area contributed by atoms with Gasteiger partial charge in [-0.2, -0.15) is 0 Å². The smallest absolute Gasteiger partial charge is 0.298 e. The van der Waals surface area contributed by atoms with Crippen LogP contribution in [-0.2, 0) is 9.53 Å². The molecule has 2 saturated heterocycles. The fraction of sp³-hybridized carbons (Fsp3) is 0.850. The highest BCUT2D eigenvalue weighted by atomic mass is 16.5. The van der Waals surface area contributed by atoms with E-state index in [9.17, 15) is 4.79 Å². The Bertz CT molecular complexity index is 463. The topological polar surface area (TPSA) is 36.0 Å². The number of likely N-dealkylation sites (tertiary alicyclic amines) is 2. The van der Waals surface area contributed by atoms with E-state index >= 15 is 0 Å². The normalized spacial score (nSPS) is 22.6. The van der Waals surface area contributed by atoms with E-state index in [4.69, 9.17) is 4.74 Å². The Hall–Kier alpha value is -1.09. The van der Waals surface area contributed by atoms with Crippen molar-refractivity contribution in [2.75, 3.05) is 59.5 Å². The molecule has 5 nitrogen and oxygen atoms in total. The molecule has 0 aromatic carbocycles. The molecule has 0 aromatic rings. The maximum atomic E-state index is 12.5. The summed E-state index contributed by atoms with van der Waals surface area (Å²) >= 11 is 0. The molecular formula is C20H35N3O2. The molecule has 0 spiro atoms. The van der Waals surface area contributed by atoms with Gasteiger partial charge in [0.1, 0.15) is 0 Å². The number of carbonyl (C=O) groups is 1. The Kier molecular flexibility index (Phi) is 8.74. The minimum Gasteiger partial charge on any atom is -0.383 e. The monoisotopic (exact) mass is 349 g/mol. The largest absolute Gasteiger partial charge is 0.383 e. The van der Waals surface area contributed by atoms with Crippen LogP contribution in [0.15, 0.2) is 0 Å². The van der Waals surface area contributed by atoms with Gasteiger partial charge in [-0.05, 0) is 70.6 Å². The molecule has 0 bridgehead atoms. The first-order chi connectivity index (χ1) is 12.2. The second-order valence-electron chi connectivity index (χ2n) is 7.29. The number of piperidine rings is 1. The van der Waals surface area contributed by atoms with Crippen LogP contribution in [0.1, 0.15) is 39.5 Å². The molecule has 2 heterocycles. The number of rotatable bonds is 8. The second kappa shape index (κ2) is 10.8. The van der Waals surface area contributed by atoms with E-state index in [-0.39, 0.29) is 5.91 Å². The zero-order valence-electron chi connectivity index (χ0n) is 16.3. The highest BCUT2D eigenvalue weighted by Crippen LogP contribution is 2.21. The van der Waals surface area contributed by atoms with Crippen LogP contribution < -0.4 is 0 Å². The number of amides is 1. The number of hydrogen-bond acceptors (Lipinski definition) is 4. The first-order valence-corrected chi connectivity index (χ1v) is 9.84. The molecule has 142 valence electrons. The Balaban J connectivity index is 1.88. The van der Waals surface area contributed by atoms with Gasteiger partial charge in [-0.3, -0.25) is 9.69 Å². The van der Waals surface area contributed by atoms with Gasteiger partial charge in [0.2, 0.25) is 0 Å². The molecule has 0 N–H and O–H groups in total. The first-order valence-electron chi connectivity index (χ1n) is 9.84. The van der Waals surface area contributed by atoms with Gasteiger partial charge >= 0.3 is 0 Å². The van der Waals surface area contributed by atoms with Crippen LogP contribution in [0, 0.1) is 17.8 Å². The summed E-state index contributed by atoms with van der Waals surface area (Å²) in [7, 11) is 1.76. The van der Waals surface area contributed by atoms with Gasteiger partial charge in [-0.1, -0.05) is 12.8 Å². The van der Waals surface area contributed by atoms with Crippen LogP contribution in [0.25, 0.3) is 0 Å². The van der Waals surface area contributed by atoms with Gasteiger partial charge < -0.3 is 14.5 Å². The van der Waals surface area contributed by atoms with E-state index in [1.807, 2.05) is 4.90 Å². The summed E-state index contributed by atoms with van der Waals surface area (Å²) in [5.41, 5.74) is 0. The maximum absolute atomic E-state index is 12.5. The Morgan fingerprint density at radius 3 is 2.60 bits per heavy atom. The fourth-order valence-electron chi connectivity index (χ4n) is 4.12. The molecule has 2 fully saturated rings. The molecule has 25 heavy (non-hydrogen) atoms. The summed E-state index contributed by atoms with van der Waals surface area (Å²) < 4.78 is 5.17. The summed E-state index contributed by atoms with van der Waals surface area (Å²) in [6.45, 7) is 11.9. The molecular weight excluding hydrogens is 314 g/mol. The highest BCUT2D eigenvalue weighted by molar-refractivity contribution is 5.93. The molecule has 0 radical (unpaired) electrons. The standard InChI is InChI=1S/C20H35N3O2/c1-4-7-20(24)23(17-19-8-6-11-22(19)5-2)16-18-9-12-21(13-10-18)14-15-25-3/h18-19H,5-6,8-17H2,1-3H3/t19-/m0/s1. The van der Waals surface area contributed by atoms with E-state index < -0.39 is 0 Å². The summed E-state index contributed by atoms with van der Waals surface area (Å²) in [4.78, 5) is 19.5. The number of hydrogen-bond donors (Lipinski definition) is 0. The zero-order chi connectivity index (χ0) is 18.1. The molecule has 0 unspecified atom stereocenters. The lowest BCUT2D eigenvalue weighted by atomic mass is 9.96. The van der Waals surface area contributed by atoms with E-state index in [2.05, 4.69) is 28.6 Å². The van der Waals surface area contributed by atoms with E-state index in [1.54, 1.807) is 14.0 Å². The third kappa shape index (κ3) is 6.29. The van der Waals surface area contributed by atoms with Crippen LogP contribution in [0.5, 0.6) is 0 Å². The van der Waals surface area contributed by atoms with E-state index in [0.717, 1.165) is 58.7 Å². The number of likely N-dealkylation sites (N-methyl/N-ethyl adjacent to an activating group) is 1. The van der Waals surface area contributed by atoms with Crippen molar-refractivity contribution in [1.82, 2.24) is 14.7 Å². The van der Waals surface area contributed by atoms with Gasteiger partial charge in [0.05, 0.1) is 6.61 Å². The maximum Gasteiger partial charge on any atom is 0.298 e. The lowest BCUT2D eigenvalue weighted by Gasteiger charge is -2.36. The SMILES string of the molecule is CC#CC(=O)N(CC1CCN(CCOC)CC1)C[C@@H]1CCCN1CC. The van der Waals surface area contributed by atoms with Crippen molar-refractivity contribution < 1.29 is 9.53 Å². The Morgan fingerprint density at radius 1 is 1.20 bits per heavy atom. The third-order valence-corrected chi connectivity index (χ3v) is 5.65. The molecule has 0 aliphatic carbocycles. The minimum atomic E-state index is 0.00673. The van der Waals surface area contributed by atoms with Gasteiger partial charge in [0.15, 0.2) is 0 Å². The predicted molar refractivity (Wildman–Crippen MR) is 101 cm³/mol. The van der Waals surface area contributed by atoms with Crippen molar-refractivity contribution in [3.8, 4) is 11.8 Å². The van der Waals surface area contributed by atoms with Crippen LogP contribution in [0.3, 0.4) is 0 Å².